The highest BCUT2D eigenvalue weighted by atomic mass is 16.5. The van der Waals surface area contributed by atoms with Gasteiger partial charge in [0.2, 0.25) is 0 Å². The second-order valence-electron chi connectivity index (χ2n) is 3.17. The molecule has 88 valence electrons. The van der Waals surface area contributed by atoms with Crippen LogP contribution in [0.5, 0.6) is 5.75 Å². The minimum Gasteiger partial charge on any atom is -0.504 e. The van der Waals surface area contributed by atoms with Gasteiger partial charge in [-0.1, -0.05) is 0 Å². The minimum absolute atomic E-state index is 0.0591. The van der Waals surface area contributed by atoms with E-state index in [-0.39, 0.29) is 17.0 Å². The number of aromatic nitrogens is 2. The van der Waals surface area contributed by atoms with Crippen molar-refractivity contribution in [3.8, 4) is 5.75 Å². The number of ether oxygens (including phenoxy) is 2. The molecule has 16 heavy (non-hydrogen) atoms. The standard InChI is InChI=1S/C10H14N2O4/c1-6-9(13)8(12(2)11-6)7(5-15-3)10(14)16-4/h5,13H,1-4H3/b7-5-. The summed E-state index contributed by atoms with van der Waals surface area (Å²) in [5, 5.41) is 13.8. The second-order valence-corrected chi connectivity index (χ2v) is 3.17. The number of carbonyl (C=O) groups excluding carboxylic acids is 1. The van der Waals surface area contributed by atoms with Crippen molar-refractivity contribution in [3.63, 3.8) is 0 Å². The first-order valence-electron chi connectivity index (χ1n) is 4.57. The van der Waals surface area contributed by atoms with Crippen molar-refractivity contribution < 1.29 is 19.4 Å². The van der Waals surface area contributed by atoms with Crippen LogP contribution < -0.4 is 0 Å². The fourth-order valence-electron chi connectivity index (χ4n) is 1.38. The smallest absolute Gasteiger partial charge is 0.343 e. The highest BCUT2D eigenvalue weighted by Crippen LogP contribution is 2.28. The Hall–Kier alpha value is -1.98. The highest BCUT2D eigenvalue weighted by molar-refractivity contribution is 6.16. The number of hydrogen-bond acceptors (Lipinski definition) is 5. The Morgan fingerprint density at radius 2 is 2.12 bits per heavy atom. The number of aryl methyl sites for hydroxylation is 2. The molecular weight excluding hydrogens is 212 g/mol. The van der Waals surface area contributed by atoms with Gasteiger partial charge in [-0.05, 0) is 6.92 Å². The predicted octanol–water partition coefficient (Wildman–Crippen LogP) is 0.594. The van der Waals surface area contributed by atoms with E-state index in [0.717, 1.165) is 0 Å². The van der Waals surface area contributed by atoms with E-state index in [1.54, 1.807) is 14.0 Å². The lowest BCUT2D eigenvalue weighted by molar-refractivity contribution is -0.133. The highest BCUT2D eigenvalue weighted by Gasteiger charge is 2.22. The molecule has 0 saturated carbocycles. The Morgan fingerprint density at radius 3 is 2.50 bits per heavy atom. The summed E-state index contributed by atoms with van der Waals surface area (Å²) in [6.45, 7) is 1.64. The van der Waals surface area contributed by atoms with E-state index in [4.69, 9.17) is 4.74 Å². The maximum absolute atomic E-state index is 11.5. The molecule has 1 rings (SSSR count). The molecule has 0 radical (unpaired) electrons. The maximum Gasteiger partial charge on any atom is 0.343 e. The SMILES string of the molecule is CO/C=C(\C(=O)OC)c1c(O)c(C)nn1C. The monoisotopic (exact) mass is 226 g/mol. The zero-order valence-corrected chi connectivity index (χ0v) is 9.64. The molecule has 1 aromatic heterocycles. The lowest BCUT2D eigenvalue weighted by Gasteiger charge is -2.05. The number of nitrogens with zero attached hydrogens (tertiary/aromatic N) is 2. The normalized spacial score (nSPS) is 11.4. The van der Waals surface area contributed by atoms with E-state index in [2.05, 4.69) is 9.84 Å². The summed E-state index contributed by atoms with van der Waals surface area (Å²) in [6.07, 6.45) is 1.21. The van der Waals surface area contributed by atoms with Crippen molar-refractivity contribution in [3.05, 3.63) is 17.6 Å². The first kappa shape index (κ1) is 12.1. The molecule has 0 aromatic carbocycles. The number of hydrogen-bond donors (Lipinski definition) is 1. The van der Waals surface area contributed by atoms with Gasteiger partial charge in [0.1, 0.15) is 17.0 Å². The molecule has 0 bridgehead atoms. The predicted molar refractivity (Wildman–Crippen MR) is 56.6 cm³/mol. The van der Waals surface area contributed by atoms with Crippen molar-refractivity contribution in [1.29, 1.82) is 0 Å². The van der Waals surface area contributed by atoms with Crippen molar-refractivity contribution in [2.24, 2.45) is 7.05 Å². The third kappa shape index (κ3) is 2.00. The van der Waals surface area contributed by atoms with Crippen LogP contribution in [0.15, 0.2) is 6.26 Å². The lowest BCUT2D eigenvalue weighted by atomic mass is 10.2. The van der Waals surface area contributed by atoms with Gasteiger partial charge in [-0.3, -0.25) is 4.68 Å². The molecule has 1 N–H and O–H groups in total. The maximum atomic E-state index is 11.5. The van der Waals surface area contributed by atoms with E-state index in [1.807, 2.05) is 0 Å². The summed E-state index contributed by atoms with van der Waals surface area (Å²) in [5.41, 5.74) is 0.820. The number of methoxy groups -OCH3 is 2. The van der Waals surface area contributed by atoms with Gasteiger partial charge in [-0.15, -0.1) is 0 Å². The Kier molecular flexibility index (Phi) is 3.55. The van der Waals surface area contributed by atoms with Gasteiger partial charge in [0.05, 0.1) is 20.5 Å². The van der Waals surface area contributed by atoms with Gasteiger partial charge < -0.3 is 14.6 Å². The van der Waals surface area contributed by atoms with Crippen LogP contribution in [0.25, 0.3) is 5.57 Å². The number of aromatic hydroxyl groups is 1. The first-order chi connectivity index (χ1) is 7.52. The van der Waals surface area contributed by atoms with Crippen molar-refractivity contribution in [2.75, 3.05) is 14.2 Å². The van der Waals surface area contributed by atoms with Crippen LogP contribution in [-0.2, 0) is 21.3 Å². The molecule has 6 nitrogen and oxygen atoms in total. The molecule has 0 saturated heterocycles. The van der Waals surface area contributed by atoms with E-state index in [0.29, 0.717) is 5.69 Å². The van der Waals surface area contributed by atoms with E-state index >= 15 is 0 Å². The van der Waals surface area contributed by atoms with Gasteiger partial charge >= 0.3 is 5.97 Å². The van der Waals surface area contributed by atoms with Crippen molar-refractivity contribution in [1.82, 2.24) is 9.78 Å². The molecule has 0 spiro atoms. The summed E-state index contributed by atoms with van der Waals surface area (Å²) in [7, 11) is 4.28. The van der Waals surface area contributed by atoms with Crippen LogP contribution in [0.2, 0.25) is 0 Å². The summed E-state index contributed by atoms with van der Waals surface area (Å²) >= 11 is 0. The van der Waals surface area contributed by atoms with Crippen LogP contribution in [0.4, 0.5) is 0 Å². The molecule has 0 unspecified atom stereocenters. The molecule has 6 heteroatoms. The van der Waals surface area contributed by atoms with Crippen LogP contribution in [0, 0.1) is 6.92 Å². The van der Waals surface area contributed by atoms with Crippen LogP contribution >= 0.6 is 0 Å². The van der Waals surface area contributed by atoms with Gasteiger partial charge in [-0.2, -0.15) is 5.10 Å². The number of carbonyl (C=O) groups is 1. The summed E-state index contributed by atoms with van der Waals surface area (Å²) in [5.74, 6) is -0.656. The summed E-state index contributed by atoms with van der Waals surface area (Å²) in [6, 6.07) is 0. The summed E-state index contributed by atoms with van der Waals surface area (Å²) < 4.78 is 10.8. The molecule has 0 aliphatic heterocycles. The van der Waals surface area contributed by atoms with Gasteiger partial charge in [0.15, 0.2) is 5.75 Å². The second kappa shape index (κ2) is 4.69. The molecule has 0 atom stereocenters. The summed E-state index contributed by atoms with van der Waals surface area (Å²) in [4.78, 5) is 11.5. The third-order valence-corrected chi connectivity index (χ3v) is 2.09. The topological polar surface area (TPSA) is 73.6 Å². The number of esters is 1. The third-order valence-electron chi connectivity index (χ3n) is 2.09. The lowest BCUT2D eigenvalue weighted by Crippen LogP contribution is -2.08. The van der Waals surface area contributed by atoms with Crippen LogP contribution in [-0.4, -0.2) is 35.1 Å². The zero-order valence-electron chi connectivity index (χ0n) is 9.64. The van der Waals surface area contributed by atoms with E-state index < -0.39 is 5.97 Å². The van der Waals surface area contributed by atoms with Gasteiger partial charge in [0, 0.05) is 7.05 Å². The first-order valence-corrected chi connectivity index (χ1v) is 4.57. The van der Waals surface area contributed by atoms with E-state index in [1.165, 1.54) is 25.2 Å². The average Bonchev–Trinajstić information content (AvgIpc) is 2.50. The Balaban J connectivity index is 3.32. The molecular formula is C10H14N2O4. The fourth-order valence-corrected chi connectivity index (χ4v) is 1.38. The quantitative estimate of drug-likeness (QED) is 0.464. The molecule has 1 heterocycles. The molecule has 1 aromatic rings. The van der Waals surface area contributed by atoms with E-state index in [9.17, 15) is 9.90 Å². The molecule has 0 aliphatic rings. The van der Waals surface area contributed by atoms with Crippen LogP contribution in [0.1, 0.15) is 11.4 Å². The van der Waals surface area contributed by atoms with Gasteiger partial charge in [-0.25, -0.2) is 4.79 Å². The molecule has 0 fully saturated rings. The average molecular weight is 226 g/mol. The van der Waals surface area contributed by atoms with Crippen LogP contribution in [0.3, 0.4) is 0 Å². The Morgan fingerprint density at radius 1 is 1.50 bits per heavy atom. The molecule has 0 amide bonds. The largest absolute Gasteiger partial charge is 0.504 e. The van der Waals surface area contributed by atoms with Crippen molar-refractivity contribution >= 4 is 11.5 Å². The number of rotatable bonds is 3. The zero-order chi connectivity index (χ0) is 12.3. The fraction of sp³-hybridized carbons (Fsp3) is 0.400. The molecule has 0 aliphatic carbocycles. The Bertz CT molecular complexity index is 434. The van der Waals surface area contributed by atoms with Gasteiger partial charge in [0.25, 0.3) is 0 Å². The minimum atomic E-state index is -0.597. The van der Waals surface area contributed by atoms with Crippen molar-refractivity contribution in [2.45, 2.75) is 6.92 Å². The Labute approximate surface area is 93.1 Å².